The van der Waals surface area contributed by atoms with E-state index in [2.05, 4.69) is 20.4 Å². The van der Waals surface area contributed by atoms with Crippen molar-refractivity contribution in [3.05, 3.63) is 52.3 Å². The maximum Gasteiger partial charge on any atom is 0.416 e. The van der Waals surface area contributed by atoms with Crippen molar-refractivity contribution in [2.75, 3.05) is 32.7 Å². The van der Waals surface area contributed by atoms with Gasteiger partial charge in [0.2, 0.25) is 0 Å². The summed E-state index contributed by atoms with van der Waals surface area (Å²) in [6.45, 7) is 4.26. The minimum Gasteiger partial charge on any atom is -0.335 e. The Hall–Kier alpha value is -2.39. The van der Waals surface area contributed by atoms with Crippen LogP contribution in [0.1, 0.15) is 32.9 Å². The molecule has 1 amide bonds. The fourth-order valence-electron chi connectivity index (χ4n) is 3.77. The molecule has 0 radical (unpaired) electrons. The number of carbonyl (C=O) groups is 1. The summed E-state index contributed by atoms with van der Waals surface area (Å²) in [7, 11) is 0. The van der Waals surface area contributed by atoms with E-state index in [9.17, 15) is 18.0 Å². The van der Waals surface area contributed by atoms with Gasteiger partial charge in [0.15, 0.2) is 5.69 Å². The van der Waals surface area contributed by atoms with Gasteiger partial charge in [0.05, 0.1) is 5.56 Å². The number of nitrogens with zero attached hydrogens (tertiary/aromatic N) is 3. The van der Waals surface area contributed by atoms with Crippen molar-refractivity contribution in [2.45, 2.75) is 25.7 Å². The molecule has 1 aromatic carbocycles. The van der Waals surface area contributed by atoms with Crippen molar-refractivity contribution in [1.82, 2.24) is 25.3 Å². The topological polar surface area (TPSA) is 64.3 Å². The third kappa shape index (κ3) is 3.90. The van der Waals surface area contributed by atoms with Crippen LogP contribution in [0.15, 0.2) is 24.3 Å². The Morgan fingerprint density at radius 1 is 1.18 bits per heavy atom. The van der Waals surface area contributed by atoms with Crippen LogP contribution in [-0.2, 0) is 25.7 Å². The van der Waals surface area contributed by atoms with Gasteiger partial charge in [-0.3, -0.25) is 14.8 Å². The standard InChI is InChI=1S/C19H22F3N5O/c20-19(21,22)14-3-1-2-13(10-14)12-26-6-8-27(9-7-26)18(28)17-15-11-23-5-4-16(15)24-25-17/h1-3,10,23H,4-9,11-12H2,(H,24,25). The number of carbonyl (C=O) groups excluding carboxylic acids is 1. The predicted molar refractivity (Wildman–Crippen MR) is 96.6 cm³/mol. The number of hydrogen-bond donors (Lipinski definition) is 2. The Bertz CT molecular complexity index is 855. The number of H-pyrrole nitrogens is 1. The molecule has 4 rings (SSSR count). The summed E-state index contributed by atoms with van der Waals surface area (Å²) in [6, 6.07) is 5.42. The van der Waals surface area contributed by atoms with E-state index in [1.165, 1.54) is 12.1 Å². The molecule has 0 saturated carbocycles. The Morgan fingerprint density at radius 2 is 1.96 bits per heavy atom. The zero-order chi connectivity index (χ0) is 19.7. The van der Waals surface area contributed by atoms with Gasteiger partial charge in [-0.2, -0.15) is 18.3 Å². The highest BCUT2D eigenvalue weighted by atomic mass is 19.4. The van der Waals surface area contributed by atoms with Gasteiger partial charge >= 0.3 is 6.18 Å². The summed E-state index contributed by atoms with van der Waals surface area (Å²) in [6.07, 6.45) is -3.50. The third-order valence-corrected chi connectivity index (χ3v) is 5.33. The maximum atomic E-state index is 12.9. The Balaban J connectivity index is 1.36. The number of nitrogens with one attached hydrogen (secondary N) is 2. The quantitative estimate of drug-likeness (QED) is 0.838. The third-order valence-electron chi connectivity index (χ3n) is 5.33. The van der Waals surface area contributed by atoms with Crippen LogP contribution in [-0.4, -0.2) is 58.6 Å². The fraction of sp³-hybridized carbons (Fsp3) is 0.474. The van der Waals surface area contributed by atoms with Gasteiger partial charge < -0.3 is 10.2 Å². The molecule has 0 unspecified atom stereocenters. The zero-order valence-corrected chi connectivity index (χ0v) is 15.4. The van der Waals surface area contributed by atoms with Crippen LogP contribution in [0.2, 0.25) is 0 Å². The van der Waals surface area contributed by atoms with Gasteiger partial charge in [0.1, 0.15) is 0 Å². The number of fused-ring (bicyclic) bond motifs is 1. The van der Waals surface area contributed by atoms with Gasteiger partial charge in [0, 0.05) is 63.5 Å². The van der Waals surface area contributed by atoms with Crippen molar-refractivity contribution in [1.29, 1.82) is 0 Å². The molecule has 6 nitrogen and oxygen atoms in total. The molecular weight excluding hydrogens is 371 g/mol. The molecule has 2 aliphatic rings. The van der Waals surface area contributed by atoms with Gasteiger partial charge in [0.25, 0.3) is 5.91 Å². The summed E-state index contributed by atoms with van der Waals surface area (Å²) >= 11 is 0. The zero-order valence-electron chi connectivity index (χ0n) is 15.4. The minimum absolute atomic E-state index is 0.0834. The minimum atomic E-state index is -4.33. The number of piperazine rings is 1. The summed E-state index contributed by atoms with van der Waals surface area (Å²) < 4.78 is 38.6. The van der Waals surface area contributed by atoms with E-state index in [1.807, 2.05) is 0 Å². The molecule has 0 aliphatic carbocycles. The lowest BCUT2D eigenvalue weighted by Crippen LogP contribution is -2.48. The van der Waals surface area contributed by atoms with Crippen LogP contribution in [0.3, 0.4) is 0 Å². The molecule has 2 N–H and O–H groups in total. The second-order valence-corrected chi connectivity index (χ2v) is 7.22. The first-order chi connectivity index (χ1) is 13.4. The van der Waals surface area contributed by atoms with Gasteiger partial charge in [-0.25, -0.2) is 0 Å². The van der Waals surface area contributed by atoms with Crippen LogP contribution in [0, 0.1) is 0 Å². The maximum absolute atomic E-state index is 12.9. The fourth-order valence-corrected chi connectivity index (χ4v) is 3.77. The molecule has 150 valence electrons. The lowest BCUT2D eigenvalue weighted by atomic mass is 10.1. The largest absolute Gasteiger partial charge is 0.416 e. The number of rotatable bonds is 3. The second kappa shape index (κ2) is 7.56. The van der Waals surface area contributed by atoms with Crippen molar-refractivity contribution < 1.29 is 18.0 Å². The Labute approximate surface area is 160 Å². The lowest BCUT2D eigenvalue weighted by molar-refractivity contribution is -0.137. The van der Waals surface area contributed by atoms with Crippen LogP contribution in [0.4, 0.5) is 13.2 Å². The Kier molecular flexibility index (Phi) is 5.11. The highest BCUT2D eigenvalue weighted by Gasteiger charge is 2.31. The molecule has 9 heteroatoms. The number of aromatic amines is 1. The summed E-state index contributed by atoms with van der Waals surface area (Å²) in [4.78, 5) is 16.7. The molecule has 1 aromatic heterocycles. The lowest BCUT2D eigenvalue weighted by Gasteiger charge is -2.34. The van der Waals surface area contributed by atoms with E-state index in [0.29, 0.717) is 50.5 Å². The highest BCUT2D eigenvalue weighted by Crippen LogP contribution is 2.29. The average Bonchev–Trinajstić information content (AvgIpc) is 3.12. The number of halogens is 3. The average molecular weight is 393 g/mol. The molecule has 3 heterocycles. The van der Waals surface area contributed by atoms with Gasteiger partial charge in [-0.1, -0.05) is 18.2 Å². The molecule has 2 aromatic rings. The summed E-state index contributed by atoms with van der Waals surface area (Å²) in [5.41, 5.74) is 2.44. The smallest absolute Gasteiger partial charge is 0.335 e. The molecule has 0 atom stereocenters. The van der Waals surface area contributed by atoms with Crippen LogP contribution < -0.4 is 5.32 Å². The number of aromatic nitrogens is 2. The van der Waals surface area contributed by atoms with E-state index in [-0.39, 0.29) is 5.91 Å². The highest BCUT2D eigenvalue weighted by molar-refractivity contribution is 5.94. The molecule has 2 aliphatic heterocycles. The normalized spacial score (nSPS) is 18.2. The van der Waals surface area contributed by atoms with Crippen molar-refractivity contribution in [3.8, 4) is 0 Å². The predicted octanol–water partition coefficient (Wildman–Crippen LogP) is 2.03. The number of hydrogen-bond acceptors (Lipinski definition) is 4. The first-order valence-corrected chi connectivity index (χ1v) is 9.36. The van der Waals surface area contributed by atoms with E-state index in [0.717, 1.165) is 30.3 Å². The first-order valence-electron chi connectivity index (χ1n) is 9.36. The van der Waals surface area contributed by atoms with Crippen molar-refractivity contribution >= 4 is 5.91 Å². The van der Waals surface area contributed by atoms with Gasteiger partial charge in [-0.15, -0.1) is 0 Å². The van der Waals surface area contributed by atoms with Crippen LogP contribution in [0.25, 0.3) is 0 Å². The molecular formula is C19H22F3N5O. The van der Waals surface area contributed by atoms with E-state index in [4.69, 9.17) is 0 Å². The molecule has 1 fully saturated rings. The van der Waals surface area contributed by atoms with E-state index in [1.54, 1.807) is 11.0 Å². The molecule has 0 bridgehead atoms. The van der Waals surface area contributed by atoms with Crippen molar-refractivity contribution in [3.63, 3.8) is 0 Å². The number of benzene rings is 1. The first kappa shape index (κ1) is 18.9. The van der Waals surface area contributed by atoms with E-state index < -0.39 is 11.7 Å². The number of alkyl halides is 3. The molecule has 0 spiro atoms. The monoisotopic (exact) mass is 393 g/mol. The molecule has 28 heavy (non-hydrogen) atoms. The molecule has 1 saturated heterocycles. The van der Waals surface area contributed by atoms with Crippen molar-refractivity contribution in [2.24, 2.45) is 0 Å². The second-order valence-electron chi connectivity index (χ2n) is 7.22. The number of amides is 1. The van der Waals surface area contributed by atoms with E-state index >= 15 is 0 Å². The summed E-state index contributed by atoms with van der Waals surface area (Å²) in [5.74, 6) is -0.0834. The van der Waals surface area contributed by atoms with Crippen LogP contribution >= 0.6 is 0 Å². The Morgan fingerprint density at radius 3 is 2.71 bits per heavy atom. The van der Waals surface area contributed by atoms with Gasteiger partial charge in [-0.05, 0) is 11.6 Å². The summed E-state index contributed by atoms with van der Waals surface area (Å²) in [5, 5.41) is 10.4. The SMILES string of the molecule is O=C(c1n[nH]c2c1CNCC2)N1CCN(Cc2cccc(C(F)(F)F)c2)CC1. The van der Waals surface area contributed by atoms with Crippen LogP contribution in [0.5, 0.6) is 0 Å².